The van der Waals surface area contributed by atoms with Crippen LogP contribution in [0.3, 0.4) is 0 Å². The number of aromatic nitrogens is 3. The molecule has 4 nitrogen and oxygen atoms in total. The van der Waals surface area contributed by atoms with E-state index in [0.717, 1.165) is 46.0 Å². The van der Waals surface area contributed by atoms with Gasteiger partial charge in [0.05, 0.1) is 6.61 Å². The van der Waals surface area contributed by atoms with Gasteiger partial charge in [0.1, 0.15) is 5.75 Å². The van der Waals surface area contributed by atoms with E-state index in [0.29, 0.717) is 6.61 Å². The number of halogens is 1. The highest BCUT2D eigenvalue weighted by Crippen LogP contribution is 2.25. The van der Waals surface area contributed by atoms with Crippen LogP contribution >= 0.6 is 23.4 Å². The van der Waals surface area contributed by atoms with Crippen molar-refractivity contribution in [3.8, 4) is 17.1 Å². The molecule has 6 heteroatoms. The molecule has 0 saturated heterocycles. The number of hydrogen-bond acceptors (Lipinski definition) is 4. The third kappa shape index (κ3) is 4.77. The van der Waals surface area contributed by atoms with Crippen LogP contribution in [0.1, 0.15) is 13.3 Å². The topological polar surface area (TPSA) is 39.9 Å². The lowest BCUT2D eigenvalue weighted by atomic mass is 10.2. The Labute approximate surface area is 157 Å². The zero-order valence-corrected chi connectivity index (χ0v) is 15.6. The first-order valence-corrected chi connectivity index (χ1v) is 9.64. The lowest BCUT2D eigenvalue weighted by Gasteiger charge is -2.09. The highest BCUT2D eigenvalue weighted by Gasteiger charge is 2.13. The van der Waals surface area contributed by atoms with E-state index < -0.39 is 0 Å². The number of ether oxygens (including phenoxy) is 1. The maximum Gasteiger partial charge on any atom is 0.191 e. The molecule has 0 aliphatic heterocycles. The van der Waals surface area contributed by atoms with Crippen molar-refractivity contribution < 1.29 is 4.74 Å². The van der Waals surface area contributed by atoms with Crippen LogP contribution in [-0.4, -0.2) is 27.1 Å². The molecular weight excluding hydrogens is 354 g/mol. The van der Waals surface area contributed by atoms with Crippen LogP contribution in [0.4, 0.5) is 0 Å². The van der Waals surface area contributed by atoms with Gasteiger partial charge in [-0.25, -0.2) is 0 Å². The van der Waals surface area contributed by atoms with Gasteiger partial charge in [0.15, 0.2) is 11.0 Å². The average Bonchev–Trinajstić information content (AvgIpc) is 3.03. The van der Waals surface area contributed by atoms with Crippen LogP contribution < -0.4 is 4.74 Å². The molecular formula is C19H20ClN3OS. The molecule has 25 heavy (non-hydrogen) atoms. The second-order valence-corrected chi connectivity index (χ2v) is 6.97. The number of para-hydroxylation sites is 1. The fourth-order valence-electron chi connectivity index (χ4n) is 2.44. The van der Waals surface area contributed by atoms with Gasteiger partial charge in [-0.3, -0.25) is 0 Å². The van der Waals surface area contributed by atoms with E-state index >= 15 is 0 Å². The second kappa shape index (κ2) is 8.92. The molecule has 0 N–H and O–H groups in total. The molecule has 0 amide bonds. The molecule has 0 unspecified atom stereocenters. The first-order chi connectivity index (χ1) is 12.3. The molecule has 0 saturated carbocycles. The summed E-state index contributed by atoms with van der Waals surface area (Å²) in [6.45, 7) is 3.66. The summed E-state index contributed by atoms with van der Waals surface area (Å²) >= 11 is 7.64. The molecule has 2 aromatic carbocycles. The minimum absolute atomic E-state index is 0.629. The zero-order valence-electron chi connectivity index (χ0n) is 14.1. The molecule has 3 aromatic rings. The van der Waals surface area contributed by atoms with E-state index in [9.17, 15) is 0 Å². The molecule has 0 fully saturated rings. The van der Waals surface area contributed by atoms with Crippen molar-refractivity contribution in [2.24, 2.45) is 0 Å². The van der Waals surface area contributed by atoms with Gasteiger partial charge in [0.25, 0.3) is 0 Å². The maximum absolute atomic E-state index is 5.98. The van der Waals surface area contributed by atoms with Crippen molar-refractivity contribution in [1.82, 2.24) is 14.8 Å². The number of rotatable bonds is 8. The lowest BCUT2D eigenvalue weighted by molar-refractivity contribution is 0.344. The van der Waals surface area contributed by atoms with Crippen molar-refractivity contribution in [2.45, 2.75) is 25.0 Å². The van der Waals surface area contributed by atoms with E-state index in [4.69, 9.17) is 16.3 Å². The Hall–Kier alpha value is -1.98. The van der Waals surface area contributed by atoms with Crippen LogP contribution in [0, 0.1) is 0 Å². The number of hydrogen-bond donors (Lipinski definition) is 0. The largest absolute Gasteiger partial charge is 0.493 e. The lowest BCUT2D eigenvalue weighted by Crippen LogP contribution is -2.04. The van der Waals surface area contributed by atoms with Crippen molar-refractivity contribution in [2.75, 3.05) is 12.4 Å². The Balaban J connectivity index is 1.65. The van der Waals surface area contributed by atoms with E-state index in [2.05, 4.69) is 21.7 Å². The molecule has 1 aromatic heterocycles. The molecule has 0 atom stereocenters. The molecule has 0 spiro atoms. The Bertz CT molecular complexity index is 790. The zero-order chi connectivity index (χ0) is 17.5. The minimum atomic E-state index is 0.629. The van der Waals surface area contributed by atoms with Crippen molar-refractivity contribution in [3.63, 3.8) is 0 Å². The summed E-state index contributed by atoms with van der Waals surface area (Å²) < 4.78 is 7.90. The second-order valence-electron chi connectivity index (χ2n) is 5.47. The standard InChI is InChI=1S/C19H20ClN3OS/c1-2-12-23-18(15-8-10-16(20)11-9-15)21-22-19(23)25-14-13-24-17-6-4-3-5-7-17/h3-11H,2,12-14H2,1H3. The average molecular weight is 374 g/mol. The summed E-state index contributed by atoms with van der Waals surface area (Å²) in [5.41, 5.74) is 1.03. The molecule has 130 valence electrons. The number of nitrogens with zero attached hydrogens (tertiary/aromatic N) is 3. The first kappa shape index (κ1) is 17.8. The summed E-state index contributed by atoms with van der Waals surface area (Å²) in [6, 6.07) is 17.6. The molecule has 0 aliphatic rings. The minimum Gasteiger partial charge on any atom is -0.493 e. The fraction of sp³-hybridized carbons (Fsp3) is 0.263. The van der Waals surface area contributed by atoms with Gasteiger partial charge in [-0.15, -0.1) is 10.2 Å². The monoisotopic (exact) mass is 373 g/mol. The normalized spacial score (nSPS) is 10.8. The van der Waals surface area contributed by atoms with E-state index in [1.807, 2.05) is 54.6 Å². The summed E-state index contributed by atoms with van der Waals surface area (Å²) in [6.07, 6.45) is 1.02. The van der Waals surface area contributed by atoms with Gasteiger partial charge in [0, 0.05) is 22.9 Å². The summed E-state index contributed by atoms with van der Waals surface area (Å²) in [5, 5.41) is 10.4. The van der Waals surface area contributed by atoms with E-state index in [1.165, 1.54) is 0 Å². The van der Waals surface area contributed by atoms with Gasteiger partial charge >= 0.3 is 0 Å². The van der Waals surface area contributed by atoms with Gasteiger partial charge in [-0.1, -0.05) is 48.5 Å². The molecule has 1 heterocycles. The Morgan fingerprint density at radius 3 is 2.52 bits per heavy atom. The quantitative estimate of drug-likeness (QED) is 0.403. The van der Waals surface area contributed by atoms with Gasteiger partial charge < -0.3 is 9.30 Å². The third-order valence-electron chi connectivity index (χ3n) is 3.59. The fourth-order valence-corrected chi connectivity index (χ4v) is 3.35. The molecule has 0 radical (unpaired) electrons. The van der Waals surface area contributed by atoms with Crippen molar-refractivity contribution >= 4 is 23.4 Å². The van der Waals surface area contributed by atoms with E-state index in [1.54, 1.807) is 11.8 Å². The van der Waals surface area contributed by atoms with Gasteiger partial charge in [-0.2, -0.15) is 0 Å². The van der Waals surface area contributed by atoms with Crippen LogP contribution in [0.15, 0.2) is 59.8 Å². The van der Waals surface area contributed by atoms with Gasteiger partial charge in [-0.05, 0) is 42.8 Å². The van der Waals surface area contributed by atoms with Crippen LogP contribution in [0.25, 0.3) is 11.4 Å². The Morgan fingerprint density at radius 2 is 1.80 bits per heavy atom. The molecule has 0 bridgehead atoms. The number of benzene rings is 2. The third-order valence-corrected chi connectivity index (χ3v) is 4.78. The molecule has 0 aliphatic carbocycles. The van der Waals surface area contributed by atoms with Crippen molar-refractivity contribution in [3.05, 3.63) is 59.6 Å². The first-order valence-electron chi connectivity index (χ1n) is 8.27. The van der Waals surface area contributed by atoms with Crippen molar-refractivity contribution in [1.29, 1.82) is 0 Å². The predicted octanol–water partition coefficient (Wildman–Crippen LogP) is 5.18. The smallest absolute Gasteiger partial charge is 0.191 e. The van der Waals surface area contributed by atoms with Crippen LogP contribution in [0.5, 0.6) is 5.75 Å². The highest BCUT2D eigenvalue weighted by molar-refractivity contribution is 7.99. The summed E-state index contributed by atoms with van der Waals surface area (Å²) in [7, 11) is 0. The predicted molar refractivity (Wildman–Crippen MR) is 103 cm³/mol. The SMILES string of the molecule is CCCn1c(SCCOc2ccccc2)nnc1-c1ccc(Cl)cc1. The van der Waals surface area contributed by atoms with Crippen LogP contribution in [0.2, 0.25) is 5.02 Å². The number of thioether (sulfide) groups is 1. The molecule has 3 rings (SSSR count). The van der Waals surface area contributed by atoms with Crippen LogP contribution in [-0.2, 0) is 6.54 Å². The van der Waals surface area contributed by atoms with E-state index in [-0.39, 0.29) is 0 Å². The Kier molecular flexibility index (Phi) is 6.36. The summed E-state index contributed by atoms with van der Waals surface area (Å²) in [4.78, 5) is 0. The maximum atomic E-state index is 5.98. The summed E-state index contributed by atoms with van der Waals surface area (Å²) in [5.74, 6) is 2.59. The highest BCUT2D eigenvalue weighted by atomic mass is 35.5. The Morgan fingerprint density at radius 1 is 1.04 bits per heavy atom. The van der Waals surface area contributed by atoms with Gasteiger partial charge in [0.2, 0.25) is 0 Å².